The smallest absolute Gasteiger partial charge is 0.331 e. The van der Waals surface area contributed by atoms with E-state index in [1.54, 1.807) is 24.3 Å². The second kappa shape index (κ2) is 6.42. The zero-order valence-corrected chi connectivity index (χ0v) is 9.42. The summed E-state index contributed by atoms with van der Waals surface area (Å²) < 4.78 is 0. The summed E-state index contributed by atoms with van der Waals surface area (Å²) in [5, 5.41) is 12.3. The van der Waals surface area contributed by atoms with Crippen molar-refractivity contribution in [3.05, 3.63) is 35.9 Å². The van der Waals surface area contributed by atoms with Crippen LogP contribution < -0.4 is 0 Å². The summed E-state index contributed by atoms with van der Waals surface area (Å²) in [5.74, 6) is -1.45. The lowest BCUT2D eigenvalue weighted by Gasteiger charge is -2.04. The lowest BCUT2D eigenvalue weighted by Crippen LogP contribution is -2.07. The molecule has 1 N–H and O–H groups in total. The summed E-state index contributed by atoms with van der Waals surface area (Å²) in [6.07, 6.45) is 0.154. The van der Waals surface area contributed by atoms with Crippen LogP contribution in [0.5, 0.6) is 0 Å². The van der Waals surface area contributed by atoms with Crippen molar-refractivity contribution in [1.29, 1.82) is 0 Å². The molecule has 0 saturated carbocycles. The van der Waals surface area contributed by atoms with Crippen molar-refractivity contribution in [2.24, 2.45) is 5.16 Å². The Morgan fingerprint density at radius 3 is 2.41 bits per heavy atom. The quantitative estimate of drug-likeness (QED) is 0.479. The SMILES string of the molecule is CC(=O)ON=C(CCC(=O)O)c1ccccc1. The minimum Gasteiger partial charge on any atom is -0.481 e. The largest absolute Gasteiger partial charge is 0.481 e. The summed E-state index contributed by atoms with van der Waals surface area (Å²) in [6, 6.07) is 9.01. The average molecular weight is 235 g/mol. The first kappa shape index (κ1) is 12.9. The van der Waals surface area contributed by atoms with Crippen LogP contribution >= 0.6 is 0 Å². The van der Waals surface area contributed by atoms with Crippen LogP contribution in [0.15, 0.2) is 35.5 Å². The van der Waals surface area contributed by atoms with Gasteiger partial charge in [-0.1, -0.05) is 35.5 Å². The number of carboxylic acid groups (broad SMARTS) is 1. The van der Waals surface area contributed by atoms with Gasteiger partial charge in [0.1, 0.15) is 0 Å². The molecule has 1 rings (SSSR count). The van der Waals surface area contributed by atoms with Gasteiger partial charge in [0.25, 0.3) is 0 Å². The van der Waals surface area contributed by atoms with E-state index in [2.05, 4.69) is 9.99 Å². The normalized spacial score (nSPS) is 11.0. The highest BCUT2D eigenvalue weighted by Crippen LogP contribution is 2.07. The highest BCUT2D eigenvalue weighted by Gasteiger charge is 2.07. The Labute approximate surface area is 98.7 Å². The number of nitrogens with zero attached hydrogens (tertiary/aromatic N) is 1. The number of hydrogen-bond acceptors (Lipinski definition) is 4. The molecule has 0 aliphatic heterocycles. The zero-order valence-electron chi connectivity index (χ0n) is 9.42. The highest BCUT2D eigenvalue weighted by molar-refractivity contribution is 6.01. The van der Waals surface area contributed by atoms with Crippen LogP contribution in [0.1, 0.15) is 25.3 Å². The van der Waals surface area contributed by atoms with Gasteiger partial charge < -0.3 is 9.94 Å². The van der Waals surface area contributed by atoms with E-state index in [4.69, 9.17) is 5.11 Å². The standard InChI is InChI=1S/C12H13NO4/c1-9(14)17-13-11(7-8-12(15)16)10-5-3-2-4-6-10/h2-6H,7-8H2,1H3,(H,15,16). The fraction of sp³-hybridized carbons (Fsp3) is 0.250. The third kappa shape index (κ3) is 4.92. The van der Waals surface area contributed by atoms with Gasteiger partial charge in [0.2, 0.25) is 0 Å². The topological polar surface area (TPSA) is 76.0 Å². The maximum atomic E-state index is 10.7. The van der Waals surface area contributed by atoms with Gasteiger partial charge in [-0.05, 0) is 5.56 Å². The molecule has 0 bridgehead atoms. The van der Waals surface area contributed by atoms with Gasteiger partial charge in [0, 0.05) is 13.3 Å². The average Bonchev–Trinajstić information content (AvgIpc) is 2.29. The van der Waals surface area contributed by atoms with Crippen LogP contribution in [0.3, 0.4) is 0 Å². The second-order valence-electron chi connectivity index (χ2n) is 3.38. The molecule has 0 atom stereocenters. The molecular weight excluding hydrogens is 222 g/mol. The van der Waals surface area contributed by atoms with Gasteiger partial charge in [0.15, 0.2) is 0 Å². The summed E-state index contributed by atoms with van der Waals surface area (Å²) in [7, 11) is 0. The fourth-order valence-electron chi connectivity index (χ4n) is 1.22. The van der Waals surface area contributed by atoms with Crippen molar-refractivity contribution < 1.29 is 19.5 Å². The van der Waals surface area contributed by atoms with E-state index in [0.717, 1.165) is 5.56 Å². The Morgan fingerprint density at radius 1 is 1.24 bits per heavy atom. The van der Waals surface area contributed by atoms with Crippen molar-refractivity contribution in [1.82, 2.24) is 0 Å². The van der Waals surface area contributed by atoms with E-state index < -0.39 is 11.9 Å². The summed E-state index contributed by atoms with van der Waals surface area (Å²) >= 11 is 0. The van der Waals surface area contributed by atoms with E-state index in [9.17, 15) is 9.59 Å². The fourth-order valence-corrected chi connectivity index (χ4v) is 1.22. The first-order valence-electron chi connectivity index (χ1n) is 5.11. The molecule has 0 spiro atoms. The zero-order chi connectivity index (χ0) is 12.7. The van der Waals surface area contributed by atoms with Crippen LogP contribution in [-0.4, -0.2) is 22.8 Å². The second-order valence-corrected chi connectivity index (χ2v) is 3.38. The molecule has 5 heteroatoms. The molecule has 0 amide bonds. The lowest BCUT2D eigenvalue weighted by molar-refractivity contribution is -0.141. The number of rotatable bonds is 5. The monoisotopic (exact) mass is 235 g/mol. The molecular formula is C12H13NO4. The van der Waals surface area contributed by atoms with Crippen molar-refractivity contribution in [3.8, 4) is 0 Å². The Hall–Kier alpha value is -2.17. The number of benzene rings is 1. The number of hydrogen-bond donors (Lipinski definition) is 1. The van der Waals surface area contributed by atoms with Gasteiger partial charge >= 0.3 is 11.9 Å². The number of carboxylic acids is 1. The van der Waals surface area contributed by atoms with Crippen molar-refractivity contribution in [2.45, 2.75) is 19.8 Å². The van der Waals surface area contributed by atoms with Crippen LogP contribution in [0.2, 0.25) is 0 Å². The molecule has 1 aromatic carbocycles. The number of carbonyl (C=O) groups is 2. The van der Waals surface area contributed by atoms with Crippen molar-refractivity contribution in [2.75, 3.05) is 0 Å². The molecule has 0 aliphatic carbocycles. The van der Waals surface area contributed by atoms with E-state index in [-0.39, 0.29) is 12.8 Å². The molecule has 0 fully saturated rings. The Balaban J connectivity index is 2.82. The summed E-state index contributed by atoms with van der Waals surface area (Å²) in [6.45, 7) is 1.24. The maximum absolute atomic E-state index is 10.7. The number of oxime groups is 1. The Morgan fingerprint density at radius 2 is 1.88 bits per heavy atom. The molecule has 0 unspecified atom stereocenters. The van der Waals surface area contributed by atoms with Crippen LogP contribution in [0, 0.1) is 0 Å². The number of carbonyl (C=O) groups excluding carboxylic acids is 1. The minimum atomic E-state index is -0.920. The molecule has 0 radical (unpaired) electrons. The van der Waals surface area contributed by atoms with Gasteiger partial charge in [-0.25, -0.2) is 4.79 Å². The molecule has 1 aromatic rings. The van der Waals surface area contributed by atoms with Crippen LogP contribution in [-0.2, 0) is 14.4 Å². The molecule has 5 nitrogen and oxygen atoms in total. The van der Waals surface area contributed by atoms with E-state index in [1.165, 1.54) is 6.92 Å². The molecule has 17 heavy (non-hydrogen) atoms. The summed E-state index contributed by atoms with van der Waals surface area (Å²) in [4.78, 5) is 25.7. The first-order chi connectivity index (χ1) is 8.09. The van der Waals surface area contributed by atoms with Crippen molar-refractivity contribution in [3.63, 3.8) is 0 Å². The minimum absolute atomic E-state index is 0.0605. The highest BCUT2D eigenvalue weighted by atomic mass is 16.7. The Bertz CT molecular complexity index is 425. The molecule has 0 saturated heterocycles. The van der Waals surface area contributed by atoms with Crippen molar-refractivity contribution >= 4 is 17.7 Å². The van der Waals surface area contributed by atoms with E-state index >= 15 is 0 Å². The summed E-state index contributed by atoms with van der Waals surface area (Å²) in [5.41, 5.74) is 1.19. The van der Waals surface area contributed by atoms with Gasteiger partial charge in [-0.2, -0.15) is 0 Å². The molecule has 0 aromatic heterocycles. The van der Waals surface area contributed by atoms with E-state index in [0.29, 0.717) is 5.71 Å². The molecule has 0 heterocycles. The van der Waals surface area contributed by atoms with Gasteiger partial charge in [-0.15, -0.1) is 0 Å². The molecule has 0 aliphatic rings. The van der Waals surface area contributed by atoms with E-state index in [1.807, 2.05) is 6.07 Å². The third-order valence-corrected chi connectivity index (χ3v) is 1.97. The predicted molar refractivity (Wildman–Crippen MR) is 61.6 cm³/mol. The lowest BCUT2D eigenvalue weighted by atomic mass is 10.1. The number of aliphatic carboxylic acids is 1. The predicted octanol–water partition coefficient (Wildman–Crippen LogP) is 1.82. The molecule has 90 valence electrons. The Kier molecular flexibility index (Phi) is 4.87. The third-order valence-electron chi connectivity index (χ3n) is 1.97. The van der Waals surface area contributed by atoms with Crippen LogP contribution in [0.25, 0.3) is 0 Å². The first-order valence-corrected chi connectivity index (χ1v) is 5.11. The maximum Gasteiger partial charge on any atom is 0.331 e. The van der Waals surface area contributed by atoms with Gasteiger partial charge in [0.05, 0.1) is 12.1 Å². The van der Waals surface area contributed by atoms with Crippen LogP contribution in [0.4, 0.5) is 0 Å². The van der Waals surface area contributed by atoms with Gasteiger partial charge in [-0.3, -0.25) is 4.79 Å².